The first-order chi connectivity index (χ1) is 15.1. The largest absolute Gasteiger partial charge is 0.290 e. The Kier molecular flexibility index (Phi) is 5.93. The average Bonchev–Trinajstić information content (AvgIpc) is 2.84. The summed E-state index contributed by atoms with van der Waals surface area (Å²) in [6, 6.07) is 20.9. The van der Waals surface area contributed by atoms with Crippen LogP contribution in [0.1, 0.15) is 18.5 Å². The van der Waals surface area contributed by atoms with E-state index in [1.54, 1.807) is 60.7 Å². The van der Waals surface area contributed by atoms with Gasteiger partial charge in [0.15, 0.2) is 0 Å². The number of rotatable bonds is 6. The van der Waals surface area contributed by atoms with Gasteiger partial charge in [-0.05, 0) is 42.8 Å². The van der Waals surface area contributed by atoms with Gasteiger partial charge in [0.05, 0.1) is 12.2 Å². The minimum Gasteiger partial charge on any atom is -0.290 e. The SMILES string of the molecule is CC(C(=O)N(Cc1ccccc1)c1ccccn1)n1nc(-c2ccncc2)ccc1=O. The fourth-order valence-electron chi connectivity index (χ4n) is 3.26. The van der Waals surface area contributed by atoms with E-state index in [4.69, 9.17) is 0 Å². The van der Waals surface area contributed by atoms with Gasteiger partial charge in [0.2, 0.25) is 0 Å². The maximum atomic E-state index is 13.5. The molecule has 0 aliphatic heterocycles. The van der Waals surface area contributed by atoms with Crippen LogP contribution in [0.4, 0.5) is 5.82 Å². The number of hydrogen-bond acceptors (Lipinski definition) is 5. The molecule has 0 N–H and O–H groups in total. The summed E-state index contributed by atoms with van der Waals surface area (Å²) < 4.78 is 1.22. The standard InChI is InChI=1S/C24H21N5O2/c1-18(29-23(30)11-10-21(27-29)20-12-15-25-16-13-20)24(31)28(22-9-5-6-14-26-22)17-19-7-3-2-4-8-19/h2-16,18H,17H2,1H3. The summed E-state index contributed by atoms with van der Waals surface area (Å²) >= 11 is 0. The lowest BCUT2D eigenvalue weighted by Crippen LogP contribution is -2.40. The van der Waals surface area contributed by atoms with E-state index in [0.29, 0.717) is 18.1 Å². The molecule has 31 heavy (non-hydrogen) atoms. The minimum absolute atomic E-state index is 0.274. The van der Waals surface area contributed by atoms with Crippen molar-refractivity contribution >= 4 is 11.7 Å². The third-order valence-corrected chi connectivity index (χ3v) is 4.90. The van der Waals surface area contributed by atoms with E-state index in [1.165, 1.54) is 10.7 Å². The maximum Gasteiger partial charge on any atom is 0.267 e. The Bertz CT molecular complexity index is 1210. The normalized spacial score (nSPS) is 11.6. The Labute approximate surface area is 179 Å². The van der Waals surface area contributed by atoms with Crippen LogP contribution in [0.25, 0.3) is 11.3 Å². The third kappa shape index (κ3) is 4.56. The molecule has 0 fully saturated rings. The molecule has 3 heterocycles. The minimum atomic E-state index is -0.819. The second kappa shape index (κ2) is 9.13. The number of carbonyl (C=O) groups excluding carboxylic acids is 1. The second-order valence-corrected chi connectivity index (χ2v) is 7.01. The lowest BCUT2D eigenvalue weighted by Gasteiger charge is -2.25. The van der Waals surface area contributed by atoms with E-state index in [9.17, 15) is 9.59 Å². The van der Waals surface area contributed by atoms with Gasteiger partial charge in [-0.15, -0.1) is 0 Å². The predicted molar refractivity (Wildman–Crippen MR) is 118 cm³/mol. The molecule has 1 atom stereocenters. The molecule has 7 nitrogen and oxygen atoms in total. The molecule has 0 saturated carbocycles. The van der Waals surface area contributed by atoms with Crippen molar-refractivity contribution in [1.82, 2.24) is 19.7 Å². The Balaban J connectivity index is 1.69. The molecular weight excluding hydrogens is 390 g/mol. The molecule has 0 saturated heterocycles. The zero-order chi connectivity index (χ0) is 21.6. The van der Waals surface area contributed by atoms with Gasteiger partial charge in [0.1, 0.15) is 11.9 Å². The Morgan fingerprint density at radius 1 is 0.935 bits per heavy atom. The lowest BCUT2D eigenvalue weighted by molar-refractivity contribution is -0.121. The molecule has 1 aromatic carbocycles. The number of nitrogens with zero attached hydrogens (tertiary/aromatic N) is 5. The van der Waals surface area contributed by atoms with E-state index in [0.717, 1.165) is 11.1 Å². The molecule has 0 aliphatic rings. The summed E-state index contributed by atoms with van der Waals surface area (Å²) in [7, 11) is 0. The Hall–Kier alpha value is -4.13. The van der Waals surface area contributed by atoms with Crippen LogP contribution in [0.15, 0.2) is 96.2 Å². The highest BCUT2D eigenvalue weighted by molar-refractivity contribution is 5.94. The summed E-state index contributed by atoms with van der Waals surface area (Å²) in [4.78, 5) is 36.0. The number of amides is 1. The summed E-state index contributed by atoms with van der Waals surface area (Å²) in [5.74, 6) is 0.241. The predicted octanol–water partition coefficient (Wildman–Crippen LogP) is 3.49. The van der Waals surface area contributed by atoms with Gasteiger partial charge < -0.3 is 0 Å². The molecular formula is C24H21N5O2. The number of aromatic nitrogens is 4. The smallest absolute Gasteiger partial charge is 0.267 e. The van der Waals surface area contributed by atoms with Crippen molar-refractivity contribution in [2.24, 2.45) is 0 Å². The van der Waals surface area contributed by atoms with E-state index < -0.39 is 6.04 Å². The first-order valence-electron chi connectivity index (χ1n) is 9.90. The molecule has 0 radical (unpaired) electrons. The van der Waals surface area contributed by atoms with Crippen LogP contribution in [-0.4, -0.2) is 25.7 Å². The van der Waals surface area contributed by atoms with E-state index >= 15 is 0 Å². The summed E-state index contributed by atoms with van der Waals surface area (Å²) in [5, 5.41) is 4.46. The monoisotopic (exact) mass is 411 g/mol. The van der Waals surface area contributed by atoms with Crippen LogP contribution < -0.4 is 10.5 Å². The van der Waals surface area contributed by atoms with Gasteiger partial charge >= 0.3 is 0 Å². The van der Waals surface area contributed by atoms with Crippen molar-refractivity contribution in [1.29, 1.82) is 0 Å². The van der Waals surface area contributed by atoms with E-state index in [1.807, 2.05) is 36.4 Å². The fourth-order valence-corrected chi connectivity index (χ4v) is 3.26. The van der Waals surface area contributed by atoms with Crippen molar-refractivity contribution in [3.8, 4) is 11.3 Å². The molecule has 1 unspecified atom stereocenters. The zero-order valence-corrected chi connectivity index (χ0v) is 17.0. The summed E-state index contributed by atoms with van der Waals surface area (Å²) in [5.41, 5.74) is 2.02. The molecule has 0 spiro atoms. The van der Waals surface area contributed by atoms with Gasteiger partial charge in [-0.2, -0.15) is 5.10 Å². The quantitative estimate of drug-likeness (QED) is 0.485. The van der Waals surface area contributed by atoms with Gasteiger partial charge in [0.25, 0.3) is 11.5 Å². The Morgan fingerprint density at radius 2 is 1.68 bits per heavy atom. The molecule has 0 aliphatic carbocycles. The molecule has 154 valence electrons. The first kappa shape index (κ1) is 20.2. The molecule has 7 heteroatoms. The number of pyridine rings is 2. The number of hydrogen-bond donors (Lipinski definition) is 0. The number of benzene rings is 1. The number of anilines is 1. The van der Waals surface area contributed by atoms with Crippen LogP contribution in [0.5, 0.6) is 0 Å². The second-order valence-electron chi connectivity index (χ2n) is 7.01. The third-order valence-electron chi connectivity index (χ3n) is 4.90. The van der Waals surface area contributed by atoms with Gasteiger partial charge in [-0.3, -0.25) is 19.5 Å². The van der Waals surface area contributed by atoms with Crippen molar-refractivity contribution in [3.05, 3.63) is 107 Å². The maximum absolute atomic E-state index is 13.5. The topological polar surface area (TPSA) is 81.0 Å². The van der Waals surface area contributed by atoms with Crippen molar-refractivity contribution < 1.29 is 4.79 Å². The van der Waals surface area contributed by atoms with Crippen LogP contribution in [0.2, 0.25) is 0 Å². The fraction of sp³-hybridized carbons (Fsp3) is 0.125. The summed E-state index contributed by atoms with van der Waals surface area (Å²) in [6.07, 6.45) is 4.95. The molecule has 0 bridgehead atoms. The molecule has 1 amide bonds. The highest BCUT2D eigenvalue weighted by atomic mass is 16.2. The van der Waals surface area contributed by atoms with Gasteiger partial charge in [-0.25, -0.2) is 9.67 Å². The van der Waals surface area contributed by atoms with Crippen molar-refractivity contribution in [2.75, 3.05) is 4.90 Å². The lowest BCUT2D eigenvalue weighted by atomic mass is 10.2. The highest BCUT2D eigenvalue weighted by Gasteiger charge is 2.26. The van der Waals surface area contributed by atoms with Crippen molar-refractivity contribution in [2.45, 2.75) is 19.5 Å². The van der Waals surface area contributed by atoms with E-state index in [2.05, 4.69) is 15.1 Å². The average molecular weight is 411 g/mol. The van der Waals surface area contributed by atoms with Crippen molar-refractivity contribution in [3.63, 3.8) is 0 Å². The van der Waals surface area contributed by atoms with Crippen LogP contribution in [0.3, 0.4) is 0 Å². The molecule has 4 rings (SSSR count). The van der Waals surface area contributed by atoms with Crippen LogP contribution in [0, 0.1) is 0 Å². The highest BCUT2D eigenvalue weighted by Crippen LogP contribution is 2.20. The van der Waals surface area contributed by atoms with Gasteiger partial charge in [0, 0.05) is 30.2 Å². The van der Waals surface area contributed by atoms with Crippen LogP contribution >= 0.6 is 0 Å². The molecule has 3 aromatic heterocycles. The number of carbonyl (C=O) groups is 1. The summed E-state index contributed by atoms with van der Waals surface area (Å²) in [6.45, 7) is 2.01. The first-order valence-corrected chi connectivity index (χ1v) is 9.90. The van der Waals surface area contributed by atoms with Crippen LogP contribution in [-0.2, 0) is 11.3 Å². The van der Waals surface area contributed by atoms with E-state index in [-0.39, 0.29) is 11.5 Å². The van der Waals surface area contributed by atoms with Gasteiger partial charge in [-0.1, -0.05) is 36.4 Å². The zero-order valence-electron chi connectivity index (χ0n) is 17.0. The Morgan fingerprint density at radius 3 is 2.39 bits per heavy atom. The molecule has 4 aromatic rings.